The Morgan fingerprint density at radius 3 is 2.61 bits per heavy atom. The Hall–Kier alpha value is -2.03. The largest absolute Gasteiger partial charge is 0.373 e. The minimum atomic E-state index is -0.200. The maximum atomic E-state index is 12.7. The lowest BCUT2D eigenvalue weighted by Gasteiger charge is -2.45. The van der Waals surface area contributed by atoms with Crippen LogP contribution in [0.2, 0.25) is 0 Å². The lowest BCUT2D eigenvalue weighted by Crippen LogP contribution is -2.58. The summed E-state index contributed by atoms with van der Waals surface area (Å²) in [5.74, 6) is -0.177. The zero-order chi connectivity index (χ0) is 20.6. The van der Waals surface area contributed by atoms with Crippen LogP contribution in [-0.4, -0.2) is 57.7 Å². The van der Waals surface area contributed by atoms with Gasteiger partial charge >= 0.3 is 0 Å². The Kier molecular flexibility index (Phi) is 5.74. The second-order valence-corrected chi connectivity index (χ2v) is 8.60. The summed E-state index contributed by atoms with van der Waals surface area (Å²) in [4.78, 5) is 30.3. The number of benzene rings is 1. The predicted molar refractivity (Wildman–Crippen MR) is 112 cm³/mol. The van der Waals surface area contributed by atoms with Gasteiger partial charge in [0, 0.05) is 37.8 Å². The number of carbonyl (C=O) groups is 1. The molecule has 1 saturated heterocycles. The van der Waals surface area contributed by atoms with E-state index in [1.807, 2.05) is 0 Å². The van der Waals surface area contributed by atoms with Crippen LogP contribution < -0.4 is 10.9 Å². The second kappa shape index (κ2) is 7.77. The molecule has 7 nitrogen and oxygen atoms in total. The van der Waals surface area contributed by atoms with Crippen molar-refractivity contribution in [2.75, 3.05) is 19.6 Å². The van der Waals surface area contributed by atoms with Gasteiger partial charge in [-0.2, -0.15) is 0 Å². The second-order valence-electron chi connectivity index (χ2n) is 8.21. The topological polar surface area (TPSA) is 79.4 Å². The molecule has 2 N–H and O–H groups in total. The van der Waals surface area contributed by atoms with Crippen LogP contribution in [0.4, 0.5) is 0 Å². The number of aromatic amines is 1. The Labute approximate surface area is 169 Å². The van der Waals surface area contributed by atoms with E-state index in [1.165, 1.54) is 4.57 Å². The van der Waals surface area contributed by atoms with Crippen molar-refractivity contribution in [1.29, 1.82) is 0 Å². The number of amides is 1. The van der Waals surface area contributed by atoms with Gasteiger partial charge in [0.15, 0.2) is 4.77 Å². The number of hydrogen-bond acceptors (Lipinski definition) is 5. The Bertz CT molecular complexity index is 1000. The van der Waals surface area contributed by atoms with Crippen molar-refractivity contribution in [3.8, 4) is 0 Å². The summed E-state index contributed by atoms with van der Waals surface area (Å²) >= 11 is 5.16. The molecule has 1 aliphatic heterocycles. The number of carbonyl (C=O) groups excluding carboxylic acids is 1. The molecule has 3 rings (SSSR count). The maximum Gasteiger partial charge on any atom is 0.261 e. The van der Waals surface area contributed by atoms with E-state index in [2.05, 4.69) is 42.9 Å². The van der Waals surface area contributed by atoms with Gasteiger partial charge in [0.05, 0.1) is 23.1 Å². The fourth-order valence-electron chi connectivity index (χ4n) is 3.63. The normalized spacial score (nSPS) is 21.0. The predicted octanol–water partition coefficient (Wildman–Crippen LogP) is 2.21. The molecule has 1 aromatic carbocycles. The van der Waals surface area contributed by atoms with Crippen LogP contribution >= 0.6 is 12.2 Å². The lowest BCUT2D eigenvalue weighted by atomic mass is 10.00. The number of ether oxygens (including phenoxy) is 1. The van der Waals surface area contributed by atoms with E-state index in [0.29, 0.717) is 27.8 Å². The summed E-state index contributed by atoms with van der Waals surface area (Å²) in [5, 5.41) is 3.53. The molecule has 0 radical (unpaired) electrons. The van der Waals surface area contributed by atoms with Crippen LogP contribution in [0.15, 0.2) is 23.0 Å². The first-order valence-electron chi connectivity index (χ1n) is 9.50. The number of rotatable bonds is 4. The molecule has 2 atom stereocenters. The van der Waals surface area contributed by atoms with Crippen LogP contribution in [-0.2, 0) is 11.8 Å². The zero-order valence-corrected chi connectivity index (χ0v) is 17.9. The van der Waals surface area contributed by atoms with E-state index in [9.17, 15) is 9.59 Å². The van der Waals surface area contributed by atoms with Crippen LogP contribution in [0.25, 0.3) is 10.9 Å². The lowest BCUT2D eigenvalue weighted by molar-refractivity contribution is -0.0948. The molecule has 0 bridgehead atoms. The molecule has 1 fully saturated rings. The van der Waals surface area contributed by atoms with Crippen LogP contribution in [0.3, 0.4) is 0 Å². The number of H-pyrrole nitrogens is 1. The van der Waals surface area contributed by atoms with Gasteiger partial charge in [0.1, 0.15) is 0 Å². The summed E-state index contributed by atoms with van der Waals surface area (Å²) in [6.45, 7) is 10.6. The SMILES string of the molecule is CC1CN(C(C)(C)CNC(=O)c2ccc3c(=O)n(C)c(=S)[nH]c3c2)CC(C)O1. The molecule has 1 amide bonds. The van der Waals surface area contributed by atoms with Crippen LogP contribution in [0.5, 0.6) is 0 Å². The average molecular weight is 405 g/mol. The van der Waals surface area contributed by atoms with Crippen molar-refractivity contribution >= 4 is 29.0 Å². The third-order valence-electron chi connectivity index (χ3n) is 5.32. The highest BCUT2D eigenvalue weighted by molar-refractivity contribution is 7.71. The Morgan fingerprint density at radius 1 is 1.32 bits per heavy atom. The summed E-state index contributed by atoms with van der Waals surface area (Å²) in [6, 6.07) is 5.00. The molecule has 0 spiro atoms. The first-order valence-corrected chi connectivity index (χ1v) is 9.91. The molecule has 2 unspecified atom stereocenters. The molecule has 0 aliphatic carbocycles. The highest BCUT2D eigenvalue weighted by Gasteiger charge is 2.33. The van der Waals surface area contributed by atoms with E-state index < -0.39 is 0 Å². The first-order chi connectivity index (χ1) is 13.1. The van der Waals surface area contributed by atoms with Crippen molar-refractivity contribution in [2.45, 2.75) is 45.4 Å². The third-order valence-corrected chi connectivity index (χ3v) is 5.70. The summed E-state index contributed by atoms with van der Waals surface area (Å²) in [7, 11) is 1.62. The van der Waals surface area contributed by atoms with E-state index in [0.717, 1.165) is 13.1 Å². The van der Waals surface area contributed by atoms with E-state index >= 15 is 0 Å². The summed E-state index contributed by atoms with van der Waals surface area (Å²) < 4.78 is 7.51. The van der Waals surface area contributed by atoms with Crippen molar-refractivity contribution in [1.82, 2.24) is 19.8 Å². The Morgan fingerprint density at radius 2 is 1.96 bits per heavy atom. The van der Waals surface area contributed by atoms with Gasteiger partial charge in [0.25, 0.3) is 11.5 Å². The van der Waals surface area contributed by atoms with Gasteiger partial charge in [-0.3, -0.25) is 19.1 Å². The molecule has 8 heteroatoms. The number of hydrogen-bond donors (Lipinski definition) is 2. The molecule has 152 valence electrons. The fraction of sp³-hybridized carbons (Fsp3) is 0.550. The third kappa shape index (κ3) is 4.19. The van der Waals surface area contributed by atoms with Gasteiger partial charge in [-0.15, -0.1) is 0 Å². The molecule has 0 saturated carbocycles. The van der Waals surface area contributed by atoms with Gasteiger partial charge in [-0.05, 0) is 58.1 Å². The molecule has 1 aromatic heterocycles. The van der Waals surface area contributed by atoms with Gasteiger partial charge in [-0.1, -0.05) is 0 Å². The molecular weight excluding hydrogens is 376 g/mol. The molecular formula is C20H28N4O3S. The van der Waals surface area contributed by atoms with Gasteiger partial charge in [0.2, 0.25) is 0 Å². The standard InChI is InChI=1S/C20H28N4O3S/c1-12-9-24(10-13(2)27-12)20(3,4)11-21-17(25)14-6-7-15-16(8-14)22-19(28)23(5)18(15)26/h6-8,12-13H,9-11H2,1-5H3,(H,21,25)(H,22,28). The summed E-state index contributed by atoms with van der Waals surface area (Å²) in [5.41, 5.74) is 0.679. The van der Waals surface area contributed by atoms with E-state index in [-0.39, 0.29) is 29.2 Å². The minimum Gasteiger partial charge on any atom is -0.373 e. The highest BCUT2D eigenvalue weighted by Crippen LogP contribution is 2.21. The first kappa shape index (κ1) is 20.7. The molecule has 28 heavy (non-hydrogen) atoms. The number of aromatic nitrogens is 2. The number of morpholine rings is 1. The average Bonchev–Trinajstić information content (AvgIpc) is 2.63. The van der Waals surface area contributed by atoms with Crippen molar-refractivity contribution in [3.63, 3.8) is 0 Å². The van der Waals surface area contributed by atoms with Crippen LogP contribution in [0.1, 0.15) is 38.1 Å². The van der Waals surface area contributed by atoms with Crippen molar-refractivity contribution in [2.24, 2.45) is 7.05 Å². The van der Waals surface area contributed by atoms with Crippen molar-refractivity contribution < 1.29 is 9.53 Å². The van der Waals surface area contributed by atoms with Gasteiger partial charge < -0.3 is 15.0 Å². The fourth-order valence-corrected chi connectivity index (χ4v) is 3.82. The Balaban J connectivity index is 1.75. The minimum absolute atomic E-state index is 0.171. The van der Waals surface area contributed by atoms with Gasteiger partial charge in [-0.25, -0.2) is 0 Å². The monoisotopic (exact) mass is 404 g/mol. The smallest absolute Gasteiger partial charge is 0.261 e. The van der Waals surface area contributed by atoms with Crippen molar-refractivity contribution in [3.05, 3.63) is 38.9 Å². The molecule has 2 heterocycles. The maximum absolute atomic E-state index is 12.7. The quantitative estimate of drug-likeness (QED) is 0.764. The van der Waals surface area contributed by atoms with E-state index in [4.69, 9.17) is 17.0 Å². The number of nitrogens with zero attached hydrogens (tertiary/aromatic N) is 2. The highest BCUT2D eigenvalue weighted by atomic mass is 32.1. The molecule has 2 aromatic rings. The summed E-state index contributed by atoms with van der Waals surface area (Å²) in [6.07, 6.45) is 0.343. The zero-order valence-electron chi connectivity index (χ0n) is 17.0. The van der Waals surface area contributed by atoms with Crippen LogP contribution in [0, 0.1) is 4.77 Å². The number of nitrogens with one attached hydrogen (secondary N) is 2. The van der Waals surface area contributed by atoms with E-state index in [1.54, 1.807) is 25.2 Å². The molecule has 1 aliphatic rings. The number of fused-ring (bicyclic) bond motifs is 1.